The van der Waals surface area contributed by atoms with Crippen molar-refractivity contribution in [3.8, 4) is 19.8 Å². The summed E-state index contributed by atoms with van der Waals surface area (Å²) in [6.45, 7) is 0. The predicted octanol–water partition coefficient (Wildman–Crippen LogP) is 9.78. The molecule has 284 valence electrons. The Kier molecular flexibility index (Phi) is 14.7. The van der Waals surface area contributed by atoms with Gasteiger partial charge in [0, 0.05) is 35.0 Å². The third kappa shape index (κ3) is 11.7. The molecule has 0 saturated carbocycles. The average molecular weight is 898 g/mol. The highest BCUT2D eigenvalue weighted by Crippen LogP contribution is 2.32. The number of aromatic nitrogens is 2. The van der Waals surface area contributed by atoms with Gasteiger partial charge in [0.2, 0.25) is 10.0 Å². The summed E-state index contributed by atoms with van der Waals surface area (Å²) in [6, 6.07) is 28.7. The number of hydrogen-bond acceptors (Lipinski definition) is 13. The van der Waals surface area contributed by atoms with Gasteiger partial charge in [-0.15, -0.1) is 62.3 Å². The Morgan fingerprint density at radius 2 is 1.13 bits per heavy atom. The van der Waals surface area contributed by atoms with Gasteiger partial charge in [-0.1, -0.05) is 66.7 Å². The topological polar surface area (TPSA) is 184 Å². The van der Waals surface area contributed by atoms with E-state index in [4.69, 9.17) is 5.73 Å². The first-order valence-electron chi connectivity index (χ1n) is 16.3. The lowest BCUT2D eigenvalue weighted by molar-refractivity contribution is -0.385. The van der Waals surface area contributed by atoms with Gasteiger partial charge in [0.05, 0.1) is 48.8 Å². The predicted molar refractivity (Wildman–Crippen MR) is 227 cm³/mol. The molecule has 0 radical (unpaired) electrons. The van der Waals surface area contributed by atoms with Crippen LogP contribution in [0.1, 0.15) is 40.2 Å². The van der Waals surface area contributed by atoms with Crippen LogP contribution in [0, 0.1) is 20.2 Å². The molecule has 0 bridgehead atoms. The Labute approximate surface area is 343 Å². The zero-order valence-electron chi connectivity index (χ0n) is 28.7. The van der Waals surface area contributed by atoms with E-state index in [1.54, 1.807) is 82.5 Å². The molecule has 55 heavy (non-hydrogen) atoms. The number of nitro groups is 2. The van der Waals surface area contributed by atoms with Crippen LogP contribution < -0.4 is 10.5 Å². The van der Waals surface area contributed by atoms with Gasteiger partial charge in [0.1, 0.15) is 10.0 Å². The second kappa shape index (κ2) is 19.4. The molecule has 7 aromatic rings. The Hall–Kier alpha value is -4.53. The van der Waals surface area contributed by atoms with Gasteiger partial charge < -0.3 is 5.73 Å². The molecule has 18 heteroatoms. The van der Waals surface area contributed by atoms with Gasteiger partial charge in [-0.05, 0) is 52.4 Å². The molecule has 3 aromatic carbocycles. The van der Waals surface area contributed by atoms with Gasteiger partial charge >= 0.3 is 0 Å². The van der Waals surface area contributed by atoms with Gasteiger partial charge in [0.25, 0.3) is 11.4 Å². The van der Waals surface area contributed by atoms with Crippen LogP contribution in [0.25, 0.3) is 19.8 Å². The summed E-state index contributed by atoms with van der Waals surface area (Å²) in [5.74, 6) is -0.146. The number of non-ortho nitro benzene ring substituents is 2. The van der Waals surface area contributed by atoms with E-state index in [2.05, 4.69) is 14.7 Å². The number of halogens is 1. The monoisotopic (exact) mass is 896 g/mol. The number of thiophene rings is 2. The van der Waals surface area contributed by atoms with Crippen LogP contribution >= 0.6 is 62.3 Å². The van der Waals surface area contributed by atoms with Gasteiger partial charge in [-0.3, -0.25) is 20.2 Å². The van der Waals surface area contributed by atoms with Crippen LogP contribution in [0.4, 0.5) is 11.4 Å². The first-order chi connectivity index (χ1) is 26.0. The molecule has 0 fully saturated rings. The molecule has 0 saturated heterocycles. The van der Waals surface area contributed by atoms with Crippen LogP contribution in [-0.2, 0) is 28.6 Å². The molecule has 0 spiro atoms. The Morgan fingerprint density at radius 3 is 1.62 bits per heavy atom. The molecule has 4 aromatic heterocycles. The van der Waals surface area contributed by atoms with Crippen LogP contribution in [0.2, 0.25) is 0 Å². The van der Waals surface area contributed by atoms with Crippen molar-refractivity contribution < 1.29 is 18.3 Å². The minimum Gasteiger partial charge on any atom is -0.322 e. The molecule has 0 aliphatic rings. The maximum Gasteiger partial charge on any atom is 0.269 e. The quantitative estimate of drug-likeness (QED) is 0.0792. The summed E-state index contributed by atoms with van der Waals surface area (Å²) in [5.41, 5.74) is 10.2. The van der Waals surface area contributed by atoms with Gasteiger partial charge in [-0.2, -0.15) is 0 Å². The number of rotatable bonds is 14. The molecule has 0 aliphatic carbocycles. The van der Waals surface area contributed by atoms with E-state index in [9.17, 15) is 28.6 Å². The number of thiazole rings is 2. The highest BCUT2D eigenvalue weighted by molar-refractivity contribution is 8.93. The summed E-state index contributed by atoms with van der Waals surface area (Å²) in [7, 11) is -3.66. The number of nitrogens with zero attached hydrogens (tertiary/aromatic N) is 4. The molecule has 7 rings (SSSR count). The van der Waals surface area contributed by atoms with E-state index in [0.717, 1.165) is 36.6 Å². The number of nitro benzene ring substituents is 2. The summed E-state index contributed by atoms with van der Waals surface area (Å²) in [6.07, 6.45) is 0.922. The second-order valence-corrected chi connectivity index (χ2v) is 17.3. The van der Waals surface area contributed by atoms with E-state index in [1.807, 2.05) is 51.9 Å². The third-order valence-electron chi connectivity index (χ3n) is 7.96. The van der Waals surface area contributed by atoms with Crippen molar-refractivity contribution in [1.82, 2.24) is 14.7 Å². The van der Waals surface area contributed by atoms with Crippen molar-refractivity contribution in [2.45, 2.75) is 30.7 Å². The van der Waals surface area contributed by atoms with Crippen molar-refractivity contribution >= 4 is 83.7 Å². The molecule has 0 aliphatic heterocycles. The first kappa shape index (κ1) is 41.6. The van der Waals surface area contributed by atoms with E-state index in [-0.39, 0.29) is 40.2 Å². The molecular formula is C37H33BrN6O6S5. The van der Waals surface area contributed by atoms with Crippen LogP contribution in [0.3, 0.4) is 0 Å². The van der Waals surface area contributed by atoms with Gasteiger partial charge in [0.15, 0.2) is 0 Å². The number of nitrogens with one attached hydrogen (secondary N) is 1. The molecule has 0 amide bonds. The lowest BCUT2D eigenvalue weighted by Gasteiger charge is -2.17. The Bertz CT molecular complexity index is 2390. The average Bonchev–Trinajstić information content (AvgIpc) is 4.00. The van der Waals surface area contributed by atoms with Gasteiger partial charge in [-0.25, -0.2) is 23.1 Å². The van der Waals surface area contributed by atoms with E-state index in [0.29, 0.717) is 24.1 Å². The minimum absolute atomic E-state index is 0. The number of hydrogen-bond donors (Lipinski definition) is 2. The fourth-order valence-electron chi connectivity index (χ4n) is 5.29. The summed E-state index contributed by atoms with van der Waals surface area (Å²) in [4.78, 5) is 32.1. The summed E-state index contributed by atoms with van der Waals surface area (Å²) >= 11 is 6.26. The van der Waals surface area contributed by atoms with Crippen molar-refractivity contribution in [1.29, 1.82) is 0 Å². The van der Waals surface area contributed by atoms with E-state index in [1.165, 1.54) is 35.6 Å². The summed E-state index contributed by atoms with van der Waals surface area (Å²) in [5, 5.41) is 31.2. The highest BCUT2D eigenvalue weighted by Gasteiger charge is 2.24. The van der Waals surface area contributed by atoms with Crippen LogP contribution in [-0.4, -0.2) is 28.2 Å². The first-order valence-corrected chi connectivity index (χ1v) is 21.4. The number of sulfonamides is 1. The normalized spacial score (nSPS) is 12.2. The van der Waals surface area contributed by atoms with Crippen LogP contribution in [0.5, 0.6) is 0 Å². The zero-order valence-corrected chi connectivity index (χ0v) is 34.5. The standard InChI is InChI=1S/C22H19N3O4S3.C15H13N3O2S2.BrH/c26-25(27)18-10-8-16(9-11-18)13-19(20-14-31-22(23-20)21-7-4-12-30-21)24-32(28,29)15-17-5-2-1-3-6-17;16-12(8-10-3-5-11(6-4-10)18(19)20)13-9-22-15(17-13)14-2-1-7-21-14;/h1-12,14,19,24H,13,15H2;1-7,9,12H,8,16H2;1H/t19-;12-;/m00./s1. The summed E-state index contributed by atoms with van der Waals surface area (Å²) < 4.78 is 28.6. The Balaban J connectivity index is 0.000000221. The smallest absolute Gasteiger partial charge is 0.269 e. The second-order valence-electron chi connectivity index (χ2n) is 11.9. The minimum atomic E-state index is -3.66. The zero-order chi connectivity index (χ0) is 38.1. The van der Waals surface area contributed by atoms with Crippen molar-refractivity contribution in [2.75, 3.05) is 0 Å². The number of benzene rings is 3. The molecule has 4 heterocycles. The molecule has 0 unspecified atom stereocenters. The van der Waals surface area contributed by atoms with Crippen LogP contribution in [0.15, 0.2) is 125 Å². The van der Waals surface area contributed by atoms with Crippen molar-refractivity contribution in [3.05, 3.63) is 173 Å². The third-order valence-corrected chi connectivity index (χ3v) is 13.1. The lowest BCUT2D eigenvalue weighted by atomic mass is 10.0. The maximum atomic E-state index is 12.9. The highest BCUT2D eigenvalue weighted by atomic mass is 79.9. The fraction of sp³-hybridized carbons (Fsp3) is 0.135. The van der Waals surface area contributed by atoms with Crippen molar-refractivity contribution in [2.24, 2.45) is 5.73 Å². The maximum absolute atomic E-state index is 12.9. The van der Waals surface area contributed by atoms with E-state index < -0.39 is 25.9 Å². The molecule has 2 atom stereocenters. The number of nitrogens with two attached hydrogens (primary N) is 1. The molecule has 12 nitrogen and oxygen atoms in total. The fourth-order valence-corrected chi connectivity index (χ4v) is 10.0. The van der Waals surface area contributed by atoms with Crippen molar-refractivity contribution in [3.63, 3.8) is 0 Å². The largest absolute Gasteiger partial charge is 0.322 e. The SMILES string of the molecule is Br.N[C@@H](Cc1ccc([N+](=O)[O-])cc1)c1csc(-c2cccs2)n1.O=[N+]([O-])c1ccc(C[C@H](NS(=O)(=O)Cc2ccccc2)c2csc(-c3cccs3)n2)cc1. The lowest BCUT2D eigenvalue weighted by Crippen LogP contribution is -2.31. The molecular weight excluding hydrogens is 865 g/mol. The Morgan fingerprint density at radius 1 is 0.636 bits per heavy atom. The molecule has 3 N–H and O–H groups in total. The van der Waals surface area contributed by atoms with E-state index >= 15 is 0 Å².